The molecular formula is C73H92Cl3N11O16. The van der Waals surface area contributed by atoms with E-state index in [9.17, 15) is 33.6 Å². The number of amides is 3. The molecule has 1 unspecified atom stereocenters. The second kappa shape index (κ2) is 36.8. The number of aryl methyl sites for hydroxylation is 4. The molecular weight excluding hydrogens is 1390 g/mol. The van der Waals surface area contributed by atoms with Gasteiger partial charge in [0.2, 0.25) is 43.3 Å². The maximum absolute atomic E-state index is 12.9. The molecule has 4 aromatic heterocycles. The van der Waals surface area contributed by atoms with Gasteiger partial charge in [-0.2, -0.15) is 0 Å². The molecule has 0 radical (unpaired) electrons. The molecule has 0 bridgehead atoms. The highest BCUT2D eigenvalue weighted by molar-refractivity contribution is 6.67. The molecule has 0 aliphatic carbocycles. The largest absolute Gasteiger partial charge is 0.468 e. The Balaban J connectivity index is 0.000000167. The van der Waals surface area contributed by atoms with Crippen LogP contribution in [0.5, 0.6) is 34.5 Å². The van der Waals surface area contributed by atoms with E-state index in [-0.39, 0.29) is 86.5 Å². The van der Waals surface area contributed by atoms with Gasteiger partial charge in [-0.3, -0.25) is 34.1 Å². The van der Waals surface area contributed by atoms with Gasteiger partial charge in [0, 0.05) is 103 Å². The SMILES string of the molecule is CCN(CC)CC.CN.CN1CC(=O)N2[C@H](c3ccc4c(c3)OCO4)c3c(ccn3C)C[C@@H]2C1=O.COC(=O)C(N)Cc1ccn(C)c1.COC(=O)[C@H]1Cc2ccn(C)c2[C@@H](c2ccc3c(c2)OCO3)N1.COC(=O)[C@H]1Cc2ccn(C)c2[C@@H](c2ccc3c(c2)OCO3)N1C(=O)CCl.O=C(Cl)CCl. The molecule has 7 atom stereocenters. The van der Waals surface area contributed by atoms with Gasteiger partial charge in [-0.15, -0.1) is 23.2 Å². The number of hydrogen-bond acceptors (Lipinski definition) is 20. The van der Waals surface area contributed by atoms with Gasteiger partial charge in [-0.25, -0.2) is 4.79 Å². The zero-order valence-electron chi connectivity index (χ0n) is 60.0. The average molecular weight is 1490 g/mol. The highest BCUT2D eigenvalue weighted by Crippen LogP contribution is 2.46. The molecule has 30 heteroatoms. The number of hydrogen-bond donors (Lipinski definition) is 3. The van der Waals surface area contributed by atoms with Crippen molar-refractivity contribution < 1.29 is 76.2 Å². The van der Waals surface area contributed by atoms with Crippen LogP contribution in [0.15, 0.2) is 110 Å². The lowest BCUT2D eigenvalue weighted by atomic mass is 9.87. The van der Waals surface area contributed by atoms with E-state index in [4.69, 9.17) is 78.4 Å². The summed E-state index contributed by atoms with van der Waals surface area (Å²) >= 11 is 15.4. The first-order chi connectivity index (χ1) is 49.5. The van der Waals surface area contributed by atoms with Crippen LogP contribution in [-0.4, -0.2) is 197 Å². The molecule has 5 N–H and O–H groups in total. The lowest BCUT2D eigenvalue weighted by molar-refractivity contribution is -0.157. The van der Waals surface area contributed by atoms with Crippen LogP contribution in [0.2, 0.25) is 0 Å². The minimum atomic E-state index is -0.744. The Labute approximate surface area is 614 Å². The molecule has 11 heterocycles. The summed E-state index contributed by atoms with van der Waals surface area (Å²) < 4.78 is 55.1. The summed E-state index contributed by atoms with van der Waals surface area (Å²) in [5, 5.41) is 2.90. The Morgan fingerprint density at radius 1 is 0.592 bits per heavy atom. The van der Waals surface area contributed by atoms with Crippen molar-refractivity contribution in [1.82, 2.24) is 43.2 Å². The summed E-state index contributed by atoms with van der Waals surface area (Å²) in [6.45, 7) is 10.8. The minimum absolute atomic E-state index is 0.00940. The number of halogens is 3. The predicted octanol–water partition coefficient (Wildman–Crippen LogP) is 6.59. The Morgan fingerprint density at radius 3 is 1.52 bits per heavy atom. The normalized spacial score (nSPS) is 19.0. The van der Waals surface area contributed by atoms with Crippen molar-refractivity contribution in [3.05, 3.63) is 166 Å². The second-order valence-corrected chi connectivity index (χ2v) is 25.5. The number of aromatic nitrogens is 4. The standard InChI is InChI=1S/C19H19ClN2O5.C19H19N3O4.C17H18N2O4.C9H14N2O2.C6H15N.C2H2Cl2O.CH5N/c1-21-6-5-12-7-13(19(24)25-2)22(16(23)9-20)18(17(12)21)11-3-4-14-15(8-11)27-10-26-14;1-20-6-5-12-7-13-19(24)21(2)9-16(23)22(13)18(17(12)20)11-3-4-14-15(8-11)26-10-25-14;1-19-6-5-11-7-12(17(20)21-2)18-15(16(11)19)10-3-4-13-14(8-10)23-9-22-13;1-11-4-3-7(6-11)5-8(10)9(12)13-2;1-4-7(5-2)6-3;3-1-2(4)5;1-2/h3-6,8,13,18H,7,9-10H2,1-2H3;3-6,8,13,18H,7,9-10H2,1-2H3;3-6,8,12,15,18H,7,9H2,1-2H3;3-4,6,8H,5,10H2,1-2H3;4-6H2,1-3H3;1H2;2H2,1H3/t2*13-,18-;12-,15-;;;;/m111..../s1. The van der Waals surface area contributed by atoms with E-state index >= 15 is 0 Å². The Kier molecular flexibility index (Phi) is 28.4. The highest BCUT2D eigenvalue weighted by atomic mass is 35.5. The van der Waals surface area contributed by atoms with Crippen molar-refractivity contribution >= 4 is 75.7 Å². The summed E-state index contributed by atoms with van der Waals surface area (Å²) in [5.74, 6) is 2.35. The first-order valence-corrected chi connectivity index (χ1v) is 34.9. The third-order valence-electron chi connectivity index (χ3n) is 18.4. The van der Waals surface area contributed by atoms with Crippen LogP contribution in [0.1, 0.15) is 94.9 Å². The summed E-state index contributed by atoms with van der Waals surface area (Å²) in [4.78, 5) is 90.5. The number of alkyl halides is 2. The molecule has 103 heavy (non-hydrogen) atoms. The molecule has 27 nitrogen and oxygen atoms in total. The van der Waals surface area contributed by atoms with Crippen LogP contribution in [0, 0.1) is 0 Å². The van der Waals surface area contributed by atoms with E-state index in [0.717, 1.165) is 67.5 Å². The number of likely N-dealkylation sites (N-methyl/N-ethyl adjacent to an activating group) is 1. The number of carbonyl (C=O) groups excluding carboxylic acids is 7. The third kappa shape index (κ3) is 18.4. The Bertz CT molecular complexity index is 4110. The van der Waals surface area contributed by atoms with Gasteiger partial charge in [0.1, 0.15) is 30.0 Å². The molecule has 14 rings (SSSR count). The van der Waals surface area contributed by atoms with Gasteiger partial charge in [0.25, 0.3) is 0 Å². The molecule has 0 saturated carbocycles. The van der Waals surface area contributed by atoms with Crippen molar-refractivity contribution in [1.29, 1.82) is 0 Å². The van der Waals surface area contributed by atoms with Crippen molar-refractivity contribution in [3.63, 3.8) is 0 Å². The highest BCUT2D eigenvalue weighted by Gasteiger charge is 2.48. The fraction of sp³-hybridized carbons (Fsp3) is 0.438. The smallest absolute Gasteiger partial charge is 0.328 e. The number of nitrogens with one attached hydrogen (secondary N) is 1. The van der Waals surface area contributed by atoms with Gasteiger partial charge in [0.05, 0.1) is 51.9 Å². The van der Waals surface area contributed by atoms with Gasteiger partial charge in [-0.1, -0.05) is 39.0 Å². The van der Waals surface area contributed by atoms with E-state index in [1.165, 1.54) is 57.8 Å². The zero-order chi connectivity index (χ0) is 74.9. The van der Waals surface area contributed by atoms with E-state index < -0.39 is 35.4 Å². The van der Waals surface area contributed by atoms with Crippen LogP contribution < -0.4 is 45.2 Å². The molecule has 3 amide bonds. The molecule has 7 aliphatic heterocycles. The van der Waals surface area contributed by atoms with E-state index in [1.807, 2.05) is 146 Å². The van der Waals surface area contributed by atoms with Crippen molar-refractivity contribution in [3.8, 4) is 34.5 Å². The summed E-state index contributed by atoms with van der Waals surface area (Å²) in [6, 6.07) is 22.1. The maximum atomic E-state index is 12.9. The quantitative estimate of drug-likeness (QED) is 0.0475. The van der Waals surface area contributed by atoms with Crippen LogP contribution in [0.25, 0.3) is 0 Å². The van der Waals surface area contributed by atoms with E-state index in [1.54, 1.807) is 11.9 Å². The van der Waals surface area contributed by atoms with Gasteiger partial charge in [0.15, 0.2) is 34.5 Å². The predicted molar refractivity (Wildman–Crippen MR) is 385 cm³/mol. The lowest BCUT2D eigenvalue weighted by Gasteiger charge is -2.46. The first kappa shape index (κ1) is 79.5. The van der Waals surface area contributed by atoms with Crippen LogP contribution in [-0.2, 0) is 102 Å². The number of piperazine rings is 1. The van der Waals surface area contributed by atoms with Gasteiger partial charge < -0.3 is 92.0 Å². The fourth-order valence-corrected chi connectivity index (χ4v) is 13.5. The minimum Gasteiger partial charge on any atom is -0.468 e. The van der Waals surface area contributed by atoms with E-state index in [0.29, 0.717) is 48.7 Å². The van der Waals surface area contributed by atoms with Crippen molar-refractivity contribution in [2.24, 2.45) is 39.7 Å². The third-order valence-corrected chi connectivity index (χ3v) is 19.1. The number of rotatable bonds is 13. The first-order valence-electron chi connectivity index (χ1n) is 33.5. The molecule has 7 aliphatic rings. The second-order valence-electron chi connectivity index (χ2n) is 24.6. The lowest BCUT2D eigenvalue weighted by Crippen LogP contribution is -2.62. The van der Waals surface area contributed by atoms with Gasteiger partial charge in [-0.05, 0) is 144 Å². The number of nitrogens with two attached hydrogens (primary N) is 2. The molecule has 556 valence electrons. The van der Waals surface area contributed by atoms with Crippen molar-refractivity contribution in [2.75, 3.05) is 93.7 Å². The van der Waals surface area contributed by atoms with E-state index in [2.05, 4.69) is 52.1 Å². The maximum Gasteiger partial charge on any atom is 0.328 e. The molecule has 0 spiro atoms. The van der Waals surface area contributed by atoms with Crippen LogP contribution in [0.3, 0.4) is 0 Å². The monoisotopic (exact) mass is 1480 g/mol. The topological polar surface area (TPSA) is 299 Å². The molecule has 7 aromatic rings. The Hall–Kier alpha value is -9.22. The number of benzene rings is 3. The number of ether oxygens (including phenoxy) is 9. The van der Waals surface area contributed by atoms with Gasteiger partial charge >= 0.3 is 17.9 Å². The molecule has 3 aromatic carbocycles. The number of nitrogens with zero attached hydrogens (tertiary/aromatic N) is 8. The summed E-state index contributed by atoms with van der Waals surface area (Å²) in [7, 11) is 15.1. The zero-order valence-corrected chi connectivity index (χ0v) is 62.3. The summed E-state index contributed by atoms with van der Waals surface area (Å²) in [6.07, 6.45) is 11.9. The molecule has 1 fully saturated rings. The van der Waals surface area contributed by atoms with Crippen molar-refractivity contribution in [2.45, 2.75) is 88.7 Å². The fourth-order valence-electron chi connectivity index (χ4n) is 13.4. The Morgan fingerprint density at radius 2 is 1.06 bits per heavy atom. The number of methoxy groups -OCH3 is 3. The number of fused-ring (bicyclic) bond motifs is 7. The van der Waals surface area contributed by atoms with Crippen LogP contribution in [0.4, 0.5) is 0 Å². The summed E-state index contributed by atoms with van der Waals surface area (Å²) in [5.41, 5.74) is 20.3. The average Bonchev–Trinajstić information content (AvgIpc) is 1.61. The number of esters is 3. The molecule has 1 saturated heterocycles. The van der Waals surface area contributed by atoms with Crippen LogP contribution >= 0.6 is 34.8 Å². The number of carbonyl (C=O) groups is 7.